The van der Waals surface area contributed by atoms with E-state index in [2.05, 4.69) is 36.3 Å². The van der Waals surface area contributed by atoms with Gasteiger partial charge in [0.05, 0.1) is 25.4 Å². The minimum absolute atomic E-state index is 0.155. The zero-order valence-electron chi connectivity index (χ0n) is 48.9. The largest absolute Gasteiger partial charge is 0.463 e. The molecule has 0 bridgehead atoms. The molecule has 0 aliphatic carbocycles. The zero-order valence-corrected chi connectivity index (χ0v) is 48.9. The normalized spacial score (nSPS) is 29.9. The van der Waals surface area contributed by atoms with Gasteiger partial charge >= 0.3 is 5.97 Å². The van der Waals surface area contributed by atoms with Crippen molar-refractivity contribution < 1.29 is 98.6 Å². The van der Waals surface area contributed by atoms with Gasteiger partial charge in [-0.15, -0.1) is 0 Å². The van der Waals surface area contributed by atoms with Crippen molar-refractivity contribution in [1.29, 1.82) is 0 Å². The molecule has 1 amide bonds. The Kier molecular flexibility index (Phi) is 37.0. The van der Waals surface area contributed by atoms with Crippen LogP contribution in [0.5, 0.6) is 0 Å². The third kappa shape index (κ3) is 26.9. The number of nitrogens with one attached hydrogen (secondary N) is 1. The van der Waals surface area contributed by atoms with Gasteiger partial charge in [-0.3, -0.25) is 14.4 Å². The van der Waals surface area contributed by atoms with Crippen LogP contribution in [0.1, 0.15) is 174 Å². The topological polar surface area (TPSA) is 337 Å². The Labute approximate surface area is 475 Å². The van der Waals surface area contributed by atoms with Crippen molar-refractivity contribution in [2.24, 2.45) is 0 Å². The van der Waals surface area contributed by atoms with Gasteiger partial charge in [-0.2, -0.15) is 0 Å². The molecule has 0 aromatic carbocycles. The van der Waals surface area contributed by atoms with Gasteiger partial charge in [0, 0.05) is 32.7 Å². The summed E-state index contributed by atoms with van der Waals surface area (Å²) in [6.07, 6.45) is -6.75. The second-order valence-corrected chi connectivity index (χ2v) is 22.7. The summed E-state index contributed by atoms with van der Waals surface area (Å²) in [6.45, 7) is 4.89. The number of hydrogen-bond donors (Lipinski definition) is 11. The monoisotopic (exact) mass is 1150 g/mol. The van der Waals surface area contributed by atoms with Gasteiger partial charge in [0.25, 0.3) is 0 Å². The number of aliphatic hydroxyl groups excluding tert-OH is 10. The first kappa shape index (κ1) is 72.2. The molecule has 3 heterocycles. The number of nitrogens with zero attached hydrogens (tertiary/aromatic N) is 2. The number of hydrogen-bond acceptors (Lipinski definition) is 22. The molecular formula is C57H107N3O20. The molecule has 0 aromatic heterocycles. The smallest absolute Gasteiger partial charge is 0.302 e. The fourth-order valence-corrected chi connectivity index (χ4v) is 10.4. The van der Waals surface area contributed by atoms with E-state index in [1.165, 1.54) is 32.1 Å². The molecule has 80 heavy (non-hydrogen) atoms. The standard InChI is InChI=1S/C57H107N3O20/c1-6-7-18-29-41(40(65)28-21-17-16-20-27-39(64)26-19-14-12-10-8-9-11-13-15-22-30-45(66)58-31-25-34-60(5)33-24-23-32-59(3)4)75-57-54(80-56-52(73)50(71)47(68)43(36-62)77-56)53(48(69)44(78-57)37-74-38(2)63)79-55-51(72)49(70)46(67)42(35-61)76-55/h40-44,46-57,61-62,65,67-73H,6-37H2,1-5H3,(H,58,66)/t40?,41?,42-,43-,44-,46+,47-,48+,49+,50+,51-,52-,53+,54-,55+,56+,57-/m1/s1. The second-order valence-electron chi connectivity index (χ2n) is 22.7. The van der Waals surface area contributed by atoms with Gasteiger partial charge in [-0.05, 0) is 92.1 Å². The van der Waals surface area contributed by atoms with Crippen molar-refractivity contribution in [1.82, 2.24) is 15.1 Å². The maximum atomic E-state index is 12.7. The highest BCUT2D eigenvalue weighted by Crippen LogP contribution is 2.35. The number of carbonyl (C=O) groups excluding carboxylic acids is 3. The molecule has 0 spiro atoms. The molecule has 3 saturated heterocycles. The van der Waals surface area contributed by atoms with E-state index in [1.54, 1.807) is 0 Å². The number of rotatable bonds is 44. The lowest BCUT2D eigenvalue weighted by Gasteiger charge is -2.49. The molecule has 23 heteroatoms. The van der Waals surface area contributed by atoms with Gasteiger partial charge < -0.3 is 99.3 Å². The molecule has 3 rings (SSSR count). The summed E-state index contributed by atoms with van der Waals surface area (Å²) in [4.78, 5) is 41.5. The average Bonchev–Trinajstić information content (AvgIpc) is 3.42. The highest BCUT2D eigenvalue weighted by molar-refractivity contribution is 5.78. The number of aliphatic hydroxyl groups is 10. The highest BCUT2D eigenvalue weighted by Gasteiger charge is 2.55. The number of ether oxygens (including phenoxy) is 7. The van der Waals surface area contributed by atoms with Crippen molar-refractivity contribution in [3.8, 4) is 0 Å². The lowest BCUT2D eigenvalue weighted by Crippen LogP contribution is -2.67. The van der Waals surface area contributed by atoms with Gasteiger partial charge in [0.1, 0.15) is 85.6 Å². The van der Waals surface area contributed by atoms with E-state index in [-0.39, 0.29) is 18.1 Å². The predicted octanol–water partition coefficient (Wildman–Crippen LogP) is 1.70. The van der Waals surface area contributed by atoms with Crippen LogP contribution in [-0.4, -0.2) is 250 Å². The maximum Gasteiger partial charge on any atom is 0.302 e. The van der Waals surface area contributed by atoms with Gasteiger partial charge in [-0.25, -0.2) is 0 Å². The Morgan fingerprint density at radius 3 is 1.52 bits per heavy atom. The molecule has 0 radical (unpaired) electrons. The Hall–Kier alpha value is -2.11. The summed E-state index contributed by atoms with van der Waals surface area (Å²) in [5, 5.41) is 111. The minimum Gasteiger partial charge on any atom is -0.463 e. The number of ketones is 1. The summed E-state index contributed by atoms with van der Waals surface area (Å²) >= 11 is 0. The van der Waals surface area contributed by atoms with Gasteiger partial charge in [0.15, 0.2) is 18.9 Å². The van der Waals surface area contributed by atoms with Crippen LogP contribution in [-0.2, 0) is 47.5 Å². The number of unbranched alkanes of at least 4 members (excludes halogenated alkanes) is 15. The van der Waals surface area contributed by atoms with E-state index in [4.69, 9.17) is 33.2 Å². The van der Waals surface area contributed by atoms with Crippen molar-refractivity contribution in [3.63, 3.8) is 0 Å². The fraction of sp³-hybridized carbons (Fsp3) is 0.947. The average molecular weight is 1150 g/mol. The third-order valence-corrected chi connectivity index (χ3v) is 15.4. The lowest BCUT2D eigenvalue weighted by atomic mass is 9.95. The molecule has 23 nitrogen and oxygen atoms in total. The lowest BCUT2D eigenvalue weighted by molar-refractivity contribution is -0.396. The molecule has 3 aliphatic heterocycles. The first-order chi connectivity index (χ1) is 38.3. The molecule has 17 atom stereocenters. The summed E-state index contributed by atoms with van der Waals surface area (Å²) in [6, 6.07) is 0. The quantitative estimate of drug-likeness (QED) is 0.0306. The fourth-order valence-electron chi connectivity index (χ4n) is 10.4. The van der Waals surface area contributed by atoms with Crippen LogP contribution in [0, 0.1) is 0 Å². The molecule has 11 N–H and O–H groups in total. The van der Waals surface area contributed by atoms with Crippen molar-refractivity contribution in [2.75, 3.05) is 67.1 Å². The molecule has 3 fully saturated rings. The predicted molar refractivity (Wildman–Crippen MR) is 295 cm³/mol. The molecular weight excluding hydrogens is 1050 g/mol. The molecule has 2 unspecified atom stereocenters. The highest BCUT2D eigenvalue weighted by atomic mass is 16.8. The van der Waals surface area contributed by atoms with Gasteiger partial charge in [-0.1, -0.05) is 96.8 Å². The summed E-state index contributed by atoms with van der Waals surface area (Å²) in [5.41, 5.74) is 0. The molecule has 0 aromatic rings. The Bertz CT molecular complexity index is 1640. The first-order valence-corrected chi connectivity index (χ1v) is 30.2. The van der Waals surface area contributed by atoms with Crippen molar-refractivity contribution in [2.45, 2.75) is 279 Å². The van der Waals surface area contributed by atoms with Gasteiger partial charge in [0.2, 0.25) is 5.91 Å². The third-order valence-electron chi connectivity index (χ3n) is 15.4. The molecule has 0 saturated carbocycles. The number of Topliss-reactive ketones (excluding diaryl/α,β-unsaturated/α-hetero) is 1. The molecule has 3 aliphatic rings. The van der Waals surface area contributed by atoms with Crippen molar-refractivity contribution in [3.05, 3.63) is 0 Å². The Morgan fingerprint density at radius 2 is 1.00 bits per heavy atom. The van der Waals surface area contributed by atoms with E-state index in [0.29, 0.717) is 38.5 Å². The van der Waals surface area contributed by atoms with Crippen LogP contribution in [0.3, 0.4) is 0 Å². The minimum atomic E-state index is -1.96. The van der Waals surface area contributed by atoms with Crippen LogP contribution in [0.2, 0.25) is 0 Å². The number of carbonyl (C=O) groups is 3. The van der Waals surface area contributed by atoms with Crippen molar-refractivity contribution >= 4 is 17.7 Å². The summed E-state index contributed by atoms with van der Waals surface area (Å²) < 4.78 is 41.4. The maximum absolute atomic E-state index is 12.7. The Morgan fingerprint density at radius 1 is 0.525 bits per heavy atom. The number of esters is 1. The van der Waals surface area contributed by atoms with E-state index in [1.807, 2.05) is 6.92 Å². The SMILES string of the molecule is CCCCCC(O[C@@H]1O[C@H](COC(C)=O)[C@H](O)[C@H](O[C@@H]2O[C@H](CO)[C@H](O)[C@H](O)[C@H]2O)[C@H]1O[C@@H]1O[C@H](CO)[C@@H](O)[C@H](O)[C@H]1O)C(O)CCCCCCC(=O)CCCCCCCCCCCCC(=O)NCCCN(C)CCCCN(C)C. The van der Waals surface area contributed by atoms with E-state index in [0.717, 1.165) is 117 Å². The van der Waals surface area contributed by atoms with E-state index in [9.17, 15) is 65.4 Å². The second kappa shape index (κ2) is 41.0. The number of amides is 1. The van der Waals surface area contributed by atoms with Crippen LogP contribution in [0.25, 0.3) is 0 Å². The summed E-state index contributed by atoms with van der Waals surface area (Å²) in [5.74, 6) is -0.331. The van der Waals surface area contributed by atoms with Crippen LogP contribution >= 0.6 is 0 Å². The molecule has 470 valence electrons. The first-order valence-electron chi connectivity index (χ1n) is 30.2. The van der Waals surface area contributed by atoms with E-state index >= 15 is 0 Å². The van der Waals surface area contributed by atoms with Crippen LogP contribution in [0.15, 0.2) is 0 Å². The zero-order chi connectivity index (χ0) is 59.0. The summed E-state index contributed by atoms with van der Waals surface area (Å²) in [7, 11) is 6.35. The van der Waals surface area contributed by atoms with E-state index < -0.39 is 130 Å². The van der Waals surface area contributed by atoms with Crippen LogP contribution in [0.4, 0.5) is 0 Å². The Balaban J connectivity index is 1.45. The van der Waals surface area contributed by atoms with Crippen LogP contribution < -0.4 is 5.32 Å².